The van der Waals surface area contributed by atoms with Crippen LogP contribution in [-0.2, 0) is 13.0 Å². The first-order chi connectivity index (χ1) is 13.7. The van der Waals surface area contributed by atoms with Gasteiger partial charge in [-0.05, 0) is 38.0 Å². The highest BCUT2D eigenvalue weighted by Gasteiger charge is 2.29. The molecule has 3 aliphatic rings. The van der Waals surface area contributed by atoms with Crippen LogP contribution < -0.4 is 10.3 Å². The van der Waals surface area contributed by atoms with E-state index < -0.39 is 0 Å². The van der Waals surface area contributed by atoms with Crippen LogP contribution in [0.1, 0.15) is 48.2 Å². The molecule has 1 amide bonds. The van der Waals surface area contributed by atoms with Gasteiger partial charge in [-0.15, -0.1) is 0 Å². The van der Waals surface area contributed by atoms with Gasteiger partial charge in [-0.3, -0.25) is 9.59 Å². The Labute approximate surface area is 166 Å². The molecule has 1 atom stereocenters. The summed E-state index contributed by atoms with van der Waals surface area (Å²) in [6, 6.07) is 1.49. The standard InChI is InChI=1S/C22H31N3O3/c1-28-19-15-20(26)25-14-13-23(16-17-7-3-2-4-8-17)12-9-18(25)21(19)22(27)24-10-5-6-11-24/h2-3,15,17H,4-14,16H2,1H3. The van der Waals surface area contributed by atoms with Crippen molar-refractivity contribution in [3.05, 3.63) is 39.8 Å². The van der Waals surface area contributed by atoms with Gasteiger partial charge in [-0.25, -0.2) is 0 Å². The Hall–Kier alpha value is -2.08. The van der Waals surface area contributed by atoms with Gasteiger partial charge in [0.15, 0.2) is 0 Å². The number of nitrogens with zero attached hydrogens (tertiary/aromatic N) is 3. The number of pyridine rings is 1. The molecule has 0 bridgehead atoms. The van der Waals surface area contributed by atoms with Crippen molar-refractivity contribution in [3.63, 3.8) is 0 Å². The molecule has 0 aromatic carbocycles. The van der Waals surface area contributed by atoms with Gasteiger partial charge >= 0.3 is 0 Å². The van der Waals surface area contributed by atoms with E-state index in [1.807, 2.05) is 9.47 Å². The van der Waals surface area contributed by atoms with Crippen LogP contribution >= 0.6 is 0 Å². The summed E-state index contributed by atoms with van der Waals surface area (Å²) in [6.45, 7) is 5.04. The second-order valence-electron chi connectivity index (χ2n) is 8.22. The second kappa shape index (κ2) is 8.52. The van der Waals surface area contributed by atoms with Crippen molar-refractivity contribution in [3.8, 4) is 5.75 Å². The molecule has 1 unspecified atom stereocenters. The molecular formula is C22H31N3O3. The summed E-state index contributed by atoms with van der Waals surface area (Å²) in [6.07, 6.45) is 10.9. The van der Waals surface area contributed by atoms with Crippen LogP contribution in [0.4, 0.5) is 0 Å². The smallest absolute Gasteiger partial charge is 0.259 e. The number of allylic oxidation sites excluding steroid dienone is 2. The molecule has 0 radical (unpaired) electrons. The maximum Gasteiger partial charge on any atom is 0.259 e. The SMILES string of the molecule is COc1cc(=O)n2c(c1C(=O)N1CCCC1)CCN(CC1CC=CCC1)CC2. The first-order valence-corrected chi connectivity index (χ1v) is 10.6. The first kappa shape index (κ1) is 19.2. The first-order valence-electron chi connectivity index (χ1n) is 10.6. The Bertz CT molecular complexity index is 808. The van der Waals surface area contributed by atoms with Gasteiger partial charge in [0.25, 0.3) is 11.5 Å². The number of hydrogen-bond acceptors (Lipinski definition) is 4. The Morgan fingerprint density at radius 1 is 1.14 bits per heavy atom. The van der Waals surface area contributed by atoms with Crippen LogP contribution in [0, 0.1) is 5.92 Å². The lowest BCUT2D eigenvalue weighted by Crippen LogP contribution is -2.33. The van der Waals surface area contributed by atoms with E-state index in [0.717, 1.165) is 57.7 Å². The third-order valence-corrected chi connectivity index (χ3v) is 6.41. The summed E-state index contributed by atoms with van der Waals surface area (Å²) in [7, 11) is 1.55. The number of amides is 1. The quantitative estimate of drug-likeness (QED) is 0.747. The molecule has 1 aliphatic carbocycles. The minimum absolute atomic E-state index is 0.0176. The molecule has 3 heterocycles. The van der Waals surface area contributed by atoms with Crippen LogP contribution in [0.2, 0.25) is 0 Å². The molecule has 152 valence electrons. The number of methoxy groups -OCH3 is 1. The third-order valence-electron chi connectivity index (χ3n) is 6.41. The van der Waals surface area contributed by atoms with Crippen molar-refractivity contribution >= 4 is 5.91 Å². The zero-order valence-electron chi connectivity index (χ0n) is 16.9. The zero-order valence-corrected chi connectivity index (χ0v) is 16.9. The van der Waals surface area contributed by atoms with Gasteiger partial charge in [-0.2, -0.15) is 0 Å². The van der Waals surface area contributed by atoms with Gasteiger partial charge in [0.1, 0.15) is 11.3 Å². The van der Waals surface area contributed by atoms with E-state index in [-0.39, 0.29) is 11.5 Å². The largest absolute Gasteiger partial charge is 0.496 e. The average molecular weight is 386 g/mol. The Morgan fingerprint density at radius 3 is 2.68 bits per heavy atom. The van der Waals surface area contributed by atoms with Gasteiger partial charge in [0.2, 0.25) is 0 Å². The molecule has 6 nitrogen and oxygen atoms in total. The maximum absolute atomic E-state index is 13.2. The molecule has 28 heavy (non-hydrogen) atoms. The molecule has 0 N–H and O–H groups in total. The van der Waals surface area contributed by atoms with Crippen molar-refractivity contribution in [2.45, 2.75) is 45.1 Å². The fourth-order valence-electron chi connectivity index (χ4n) is 4.83. The number of rotatable bonds is 4. The molecule has 0 saturated carbocycles. The number of hydrogen-bond donors (Lipinski definition) is 0. The maximum atomic E-state index is 13.2. The summed E-state index contributed by atoms with van der Waals surface area (Å²) in [5.41, 5.74) is 1.39. The number of likely N-dealkylation sites (tertiary alicyclic amines) is 1. The monoisotopic (exact) mass is 385 g/mol. The topological polar surface area (TPSA) is 54.8 Å². The number of fused-ring (bicyclic) bond motifs is 1. The molecule has 0 spiro atoms. The second-order valence-corrected chi connectivity index (χ2v) is 8.22. The predicted molar refractivity (Wildman–Crippen MR) is 109 cm³/mol. The molecule has 1 aromatic heterocycles. The normalized spacial score (nSPS) is 22.8. The van der Waals surface area contributed by atoms with Gasteiger partial charge in [-0.1, -0.05) is 12.2 Å². The van der Waals surface area contributed by atoms with Crippen LogP contribution in [0.25, 0.3) is 0 Å². The van der Waals surface area contributed by atoms with Gasteiger partial charge in [0, 0.05) is 57.4 Å². The summed E-state index contributed by atoms with van der Waals surface area (Å²) in [5, 5.41) is 0. The zero-order chi connectivity index (χ0) is 19.5. The Balaban J connectivity index is 1.60. The van der Waals surface area contributed by atoms with E-state index in [1.54, 1.807) is 7.11 Å². The van der Waals surface area contributed by atoms with Crippen LogP contribution in [0.15, 0.2) is 23.0 Å². The van der Waals surface area contributed by atoms with Crippen LogP contribution in [0.5, 0.6) is 5.75 Å². The van der Waals surface area contributed by atoms with Crippen LogP contribution in [-0.4, -0.2) is 60.1 Å². The van der Waals surface area contributed by atoms with Gasteiger partial charge < -0.3 is 19.1 Å². The average Bonchev–Trinajstić information content (AvgIpc) is 3.17. The van der Waals surface area contributed by atoms with Crippen molar-refractivity contribution in [2.24, 2.45) is 5.92 Å². The molecule has 4 rings (SSSR count). The van der Waals surface area contributed by atoms with Crippen molar-refractivity contribution in [1.29, 1.82) is 0 Å². The summed E-state index contributed by atoms with van der Waals surface area (Å²) in [5.74, 6) is 1.14. The molecule has 1 saturated heterocycles. The highest BCUT2D eigenvalue weighted by molar-refractivity contribution is 5.98. The molecule has 2 aliphatic heterocycles. The Morgan fingerprint density at radius 2 is 1.96 bits per heavy atom. The lowest BCUT2D eigenvalue weighted by atomic mass is 9.94. The van der Waals surface area contributed by atoms with E-state index in [2.05, 4.69) is 17.1 Å². The van der Waals surface area contributed by atoms with E-state index >= 15 is 0 Å². The van der Waals surface area contributed by atoms with Crippen molar-refractivity contribution in [2.75, 3.05) is 39.8 Å². The summed E-state index contributed by atoms with van der Waals surface area (Å²) in [4.78, 5) is 30.3. The predicted octanol–water partition coefficient (Wildman–Crippen LogP) is 2.31. The van der Waals surface area contributed by atoms with Crippen molar-refractivity contribution in [1.82, 2.24) is 14.4 Å². The highest BCUT2D eigenvalue weighted by Crippen LogP contribution is 2.27. The van der Waals surface area contributed by atoms with E-state index in [1.165, 1.54) is 18.9 Å². The van der Waals surface area contributed by atoms with E-state index in [4.69, 9.17) is 4.74 Å². The van der Waals surface area contributed by atoms with E-state index in [0.29, 0.717) is 30.2 Å². The molecule has 1 fully saturated rings. The lowest BCUT2D eigenvalue weighted by Gasteiger charge is -2.26. The van der Waals surface area contributed by atoms with Gasteiger partial charge in [0.05, 0.1) is 7.11 Å². The highest BCUT2D eigenvalue weighted by atomic mass is 16.5. The van der Waals surface area contributed by atoms with E-state index in [9.17, 15) is 9.59 Å². The fourth-order valence-corrected chi connectivity index (χ4v) is 4.83. The number of aromatic nitrogens is 1. The number of carbonyl (C=O) groups is 1. The lowest BCUT2D eigenvalue weighted by molar-refractivity contribution is 0.0787. The molecule has 6 heteroatoms. The van der Waals surface area contributed by atoms with Crippen LogP contribution in [0.3, 0.4) is 0 Å². The molecule has 1 aromatic rings. The summed E-state index contributed by atoms with van der Waals surface area (Å²) < 4.78 is 7.29. The minimum Gasteiger partial charge on any atom is -0.496 e. The number of ether oxygens (including phenoxy) is 1. The Kier molecular flexibility index (Phi) is 5.85. The summed E-state index contributed by atoms with van der Waals surface area (Å²) >= 11 is 0. The fraction of sp³-hybridized carbons (Fsp3) is 0.636. The third kappa shape index (κ3) is 3.88. The number of carbonyl (C=O) groups excluding carboxylic acids is 1. The molecular weight excluding hydrogens is 354 g/mol. The minimum atomic E-state index is -0.0627. The van der Waals surface area contributed by atoms with Crippen molar-refractivity contribution < 1.29 is 9.53 Å².